The molecule has 2 aromatic rings. The fraction of sp³-hybridized carbons (Fsp3) is 0.176. The van der Waals surface area contributed by atoms with Gasteiger partial charge in [0.2, 0.25) is 0 Å². The summed E-state index contributed by atoms with van der Waals surface area (Å²) < 4.78 is 79.0. The molecule has 0 saturated carbocycles. The number of anilines is 1. The molecule has 1 N–H and O–H groups in total. The van der Waals surface area contributed by atoms with Crippen LogP contribution in [-0.2, 0) is 6.18 Å². The molecule has 0 radical (unpaired) electrons. The molecule has 0 aliphatic heterocycles. The zero-order valence-corrected chi connectivity index (χ0v) is 13.7. The predicted molar refractivity (Wildman–Crippen MR) is 83.6 cm³/mol. The molecule has 0 unspecified atom stereocenters. The van der Waals surface area contributed by atoms with Crippen molar-refractivity contribution in [3.63, 3.8) is 0 Å². The summed E-state index contributed by atoms with van der Waals surface area (Å²) in [5.74, 6) is -5.21. The van der Waals surface area contributed by atoms with E-state index in [0.29, 0.717) is 11.0 Å². The van der Waals surface area contributed by atoms with E-state index in [2.05, 4.69) is 0 Å². The van der Waals surface area contributed by atoms with Gasteiger partial charge >= 0.3 is 12.2 Å². The van der Waals surface area contributed by atoms with Gasteiger partial charge in [0.05, 0.1) is 11.3 Å². The number of halogens is 6. The molecule has 2 aromatic carbocycles. The van der Waals surface area contributed by atoms with Gasteiger partial charge in [0.1, 0.15) is 23.0 Å². The Labute approximate surface area is 149 Å². The van der Waals surface area contributed by atoms with Gasteiger partial charge < -0.3 is 0 Å². The number of imide groups is 1. The Kier molecular flexibility index (Phi) is 5.77. The second-order valence-corrected chi connectivity index (χ2v) is 5.26. The molecule has 0 saturated heterocycles. The van der Waals surface area contributed by atoms with Gasteiger partial charge in [-0.05, 0) is 37.3 Å². The quantitative estimate of drug-likeness (QED) is 0.785. The number of urea groups is 1. The predicted octanol–water partition coefficient (Wildman–Crippen LogP) is 4.50. The van der Waals surface area contributed by atoms with Crippen molar-refractivity contribution in [1.82, 2.24) is 5.32 Å². The van der Waals surface area contributed by atoms with Crippen LogP contribution in [0, 0.1) is 17.5 Å². The van der Waals surface area contributed by atoms with E-state index >= 15 is 0 Å². The number of nitrogens with one attached hydrogen (secondary N) is 1. The van der Waals surface area contributed by atoms with Crippen molar-refractivity contribution in [2.75, 3.05) is 11.4 Å². The highest BCUT2D eigenvalue weighted by molar-refractivity contribution is 6.09. The molecular weight excluding hydrogens is 378 g/mol. The lowest BCUT2D eigenvalue weighted by atomic mass is 10.1. The minimum absolute atomic E-state index is 0.198. The molecule has 10 heteroatoms. The van der Waals surface area contributed by atoms with Gasteiger partial charge in [-0.1, -0.05) is 6.07 Å². The van der Waals surface area contributed by atoms with Crippen molar-refractivity contribution >= 4 is 17.6 Å². The average Bonchev–Trinajstić information content (AvgIpc) is 2.55. The number of hydrogen-bond acceptors (Lipinski definition) is 2. The lowest BCUT2D eigenvalue weighted by Gasteiger charge is -2.22. The zero-order chi connectivity index (χ0) is 20.4. The summed E-state index contributed by atoms with van der Waals surface area (Å²) in [7, 11) is 0. The van der Waals surface area contributed by atoms with E-state index in [9.17, 15) is 35.9 Å². The van der Waals surface area contributed by atoms with Gasteiger partial charge in [0.25, 0.3) is 5.91 Å². The van der Waals surface area contributed by atoms with E-state index < -0.39 is 52.4 Å². The summed E-state index contributed by atoms with van der Waals surface area (Å²) in [5.41, 5.74) is -2.82. The minimum atomic E-state index is -4.78. The van der Waals surface area contributed by atoms with Gasteiger partial charge in [-0.15, -0.1) is 0 Å². The fourth-order valence-electron chi connectivity index (χ4n) is 2.27. The molecule has 144 valence electrons. The molecule has 0 spiro atoms. The van der Waals surface area contributed by atoms with Crippen molar-refractivity contribution in [1.29, 1.82) is 0 Å². The number of carbonyl (C=O) groups excluding carboxylic acids is 2. The smallest absolute Gasteiger partial charge is 0.291 e. The van der Waals surface area contributed by atoms with Gasteiger partial charge in [-0.3, -0.25) is 15.0 Å². The molecule has 27 heavy (non-hydrogen) atoms. The van der Waals surface area contributed by atoms with Gasteiger partial charge in [-0.2, -0.15) is 13.2 Å². The van der Waals surface area contributed by atoms with Crippen molar-refractivity contribution < 1.29 is 35.9 Å². The standard InChI is InChI=1S/C17H12F6N2O2/c1-2-25(13-7-6-9(8-12(13)20)17(21,22)23)16(27)24-15(26)14-10(18)4-3-5-11(14)19/h3-8H,2H2,1H3,(H,24,26,27). The van der Waals surface area contributed by atoms with Crippen molar-refractivity contribution in [2.45, 2.75) is 13.1 Å². The molecule has 3 amide bonds. The number of carbonyl (C=O) groups is 2. The van der Waals surface area contributed by atoms with Crippen molar-refractivity contribution in [3.8, 4) is 0 Å². The van der Waals surface area contributed by atoms with E-state index in [1.165, 1.54) is 6.92 Å². The number of rotatable bonds is 3. The highest BCUT2D eigenvalue weighted by Gasteiger charge is 2.32. The summed E-state index contributed by atoms with van der Waals surface area (Å²) in [6.45, 7) is 1.13. The maximum atomic E-state index is 14.0. The van der Waals surface area contributed by atoms with Crippen LogP contribution in [0.2, 0.25) is 0 Å². The van der Waals surface area contributed by atoms with Crippen LogP contribution in [0.4, 0.5) is 36.8 Å². The Morgan fingerprint density at radius 3 is 2.07 bits per heavy atom. The van der Waals surface area contributed by atoms with Crippen LogP contribution >= 0.6 is 0 Å². The summed E-state index contributed by atoms with van der Waals surface area (Å²) in [6, 6.07) is 2.83. The maximum absolute atomic E-state index is 14.0. The van der Waals surface area contributed by atoms with E-state index in [-0.39, 0.29) is 12.6 Å². The molecule has 0 aromatic heterocycles. The van der Waals surface area contributed by atoms with E-state index in [1.54, 1.807) is 5.32 Å². The van der Waals surface area contributed by atoms with Crippen molar-refractivity contribution in [2.24, 2.45) is 0 Å². The van der Waals surface area contributed by atoms with Gasteiger partial charge in [-0.25, -0.2) is 18.0 Å². The summed E-state index contributed by atoms with van der Waals surface area (Å²) in [5, 5.41) is 1.68. The molecule has 0 atom stereocenters. The number of amides is 3. The zero-order valence-electron chi connectivity index (χ0n) is 13.7. The summed E-state index contributed by atoms with van der Waals surface area (Å²) in [4.78, 5) is 24.7. The van der Waals surface area contributed by atoms with Crippen LogP contribution in [0.1, 0.15) is 22.8 Å². The molecule has 0 aliphatic rings. The number of benzene rings is 2. The molecule has 0 heterocycles. The largest absolute Gasteiger partial charge is 0.416 e. The second-order valence-electron chi connectivity index (χ2n) is 5.26. The Morgan fingerprint density at radius 2 is 1.59 bits per heavy atom. The Hall–Kier alpha value is -3.04. The van der Waals surface area contributed by atoms with E-state index in [0.717, 1.165) is 24.3 Å². The molecule has 4 nitrogen and oxygen atoms in total. The summed E-state index contributed by atoms with van der Waals surface area (Å²) >= 11 is 0. The Balaban J connectivity index is 2.27. The molecule has 0 bridgehead atoms. The van der Waals surface area contributed by atoms with Crippen LogP contribution in [0.15, 0.2) is 36.4 Å². The van der Waals surface area contributed by atoms with E-state index in [1.807, 2.05) is 0 Å². The minimum Gasteiger partial charge on any atom is -0.291 e. The fourth-order valence-corrected chi connectivity index (χ4v) is 2.27. The monoisotopic (exact) mass is 390 g/mol. The van der Waals surface area contributed by atoms with Crippen LogP contribution in [0.25, 0.3) is 0 Å². The first kappa shape index (κ1) is 20.3. The van der Waals surface area contributed by atoms with Crippen LogP contribution < -0.4 is 10.2 Å². The van der Waals surface area contributed by atoms with Crippen LogP contribution in [0.5, 0.6) is 0 Å². The molecule has 2 rings (SSSR count). The highest BCUT2D eigenvalue weighted by Crippen LogP contribution is 2.32. The Bertz CT molecular complexity index is 862. The number of nitrogens with zero attached hydrogens (tertiary/aromatic N) is 1. The first-order valence-electron chi connectivity index (χ1n) is 7.49. The number of alkyl halides is 3. The third-order valence-corrected chi connectivity index (χ3v) is 3.54. The average molecular weight is 390 g/mol. The molecule has 0 aliphatic carbocycles. The molecule has 0 fully saturated rings. The summed E-state index contributed by atoms with van der Waals surface area (Å²) in [6.07, 6.45) is -4.78. The Morgan fingerprint density at radius 1 is 1.00 bits per heavy atom. The third kappa shape index (κ3) is 4.39. The van der Waals surface area contributed by atoms with Gasteiger partial charge in [0.15, 0.2) is 0 Å². The lowest BCUT2D eigenvalue weighted by molar-refractivity contribution is -0.137. The van der Waals surface area contributed by atoms with E-state index in [4.69, 9.17) is 0 Å². The first-order chi connectivity index (χ1) is 12.6. The normalized spacial score (nSPS) is 11.2. The first-order valence-corrected chi connectivity index (χ1v) is 7.49. The molecular formula is C17H12F6N2O2. The van der Waals surface area contributed by atoms with Crippen molar-refractivity contribution in [3.05, 3.63) is 65.0 Å². The third-order valence-electron chi connectivity index (χ3n) is 3.54. The van der Waals surface area contributed by atoms with Crippen LogP contribution in [0.3, 0.4) is 0 Å². The number of hydrogen-bond donors (Lipinski definition) is 1. The SMILES string of the molecule is CCN(C(=O)NC(=O)c1c(F)cccc1F)c1ccc(C(F)(F)F)cc1F. The van der Waals surface area contributed by atoms with Crippen LogP contribution in [-0.4, -0.2) is 18.5 Å². The van der Waals surface area contributed by atoms with Gasteiger partial charge in [0, 0.05) is 6.54 Å². The maximum Gasteiger partial charge on any atom is 0.416 e. The topological polar surface area (TPSA) is 49.4 Å². The second kappa shape index (κ2) is 7.68. The highest BCUT2D eigenvalue weighted by atomic mass is 19.4. The lowest BCUT2D eigenvalue weighted by Crippen LogP contribution is -2.43.